The van der Waals surface area contributed by atoms with Gasteiger partial charge in [-0.2, -0.15) is 0 Å². The van der Waals surface area contributed by atoms with Crippen molar-refractivity contribution in [3.05, 3.63) is 46.1 Å². The van der Waals surface area contributed by atoms with E-state index in [1.165, 1.54) is 23.1 Å². The molecular weight excluding hydrogens is 392 g/mol. The summed E-state index contributed by atoms with van der Waals surface area (Å²) in [7, 11) is 3.94. The van der Waals surface area contributed by atoms with Gasteiger partial charge in [0.1, 0.15) is 4.70 Å². The highest BCUT2D eigenvalue weighted by Crippen LogP contribution is 2.22. The van der Waals surface area contributed by atoms with Crippen molar-refractivity contribution in [2.45, 2.75) is 31.5 Å². The van der Waals surface area contributed by atoms with Crippen molar-refractivity contribution >= 4 is 50.6 Å². The second-order valence-electron chi connectivity index (χ2n) is 6.62. The molecular formula is C20H24N4O2S2. The molecule has 28 heavy (non-hydrogen) atoms. The Kier molecular flexibility index (Phi) is 6.74. The molecule has 0 atom stereocenters. The van der Waals surface area contributed by atoms with Gasteiger partial charge in [0.15, 0.2) is 5.16 Å². The van der Waals surface area contributed by atoms with Gasteiger partial charge in [0.25, 0.3) is 5.56 Å². The maximum absolute atomic E-state index is 12.8. The van der Waals surface area contributed by atoms with E-state index in [-0.39, 0.29) is 17.2 Å². The quantitative estimate of drug-likeness (QED) is 0.443. The van der Waals surface area contributed by atoms with Crippen LogP contribution in [0.1, 0.15) is 19.8 Å². The van der Waals surface area contributed by atoms with Crippen molar-refractivity contribution in [2.75, 3.05) is 30.1 Å². The first-order chi connectivity index (χ1) is 13.5. The van der Waals surface area contributed by atoms with Crippen LogP contribution in [-0.4, -0.2) is 35.3 Å². The smallest absolute Gasteiger partial charge is 0.272 e. The number of anilines is 2. The summed E-state index contributed by atoms with van der Waals surface area (Å²) in [6.45, 7) is 2.70. The average molecular weight is 417 g/mol. The fourth-order valence-corrected chi connectivity index (χ4v) is 4.32. The van der Waals surface area contributed by atoms with E-state index in [1.54, 1.807) is 4.57 Å². The minimum Gasteiger partial charge on any atom is -0.378 e. The number of carbonyl (C=O) groups is 1. The summed E-state index contributed by atoms with van der Waals surface area (Å²) < 4.78 is 2.37. The number of thiophene rings is 1. The van der Waals surface area contributed by atoms with Crippen LogP contribution >= 0.6 is 23.1 Å². The highest BCUT2D eigenvalue weighted by molar-refractivity contribution is 7.99. The predicted octanol–water partition coefficient (Wildman–Crippen LogP) is 4.05. The standard InChI is InChI=1S/C20H24N4O2S2/c1-4-5-11-24-19(26)18-16(10-12-27-18)22-20(24)28-13-17(25)21-14-6-8-15(9-7-14)23(2)3/h6-10,12H,4-5,11,13H2,1-3H3,(H,21,25). The van der Waals surface area contributed by atoms with Gasteiger partial charge in [0, 0.05) is 32.0 Å². The van der Waals surface area contributed by atoms with Gasteiger partial charge in [-0.05, 0) is 42.1 Å². The Labute approximate surface area is 172 Å². The molecule has 0 unspecified atom stereocenters. The first-order valence-corrected chi connectivity index (χ1v) is 11.0. The molecule has 148 valence electrons. The maximum atomic E-state index is 12.8. The van der Waals surface area contributed by atoms with E-state index in [0.29, 0.717) is 21.9 Å². The molecule has 0 aliphatic carbocycles. The second kappa shape index (κ2) is 9.25. The molecule has 2 heterocycles. The summed E-state index contributed by atoms with van der Waals surface area (Å²) in [6.07, 6.45) is 1.89. The highest BCUT2D eigenvalue weighted by atomic mass is 32.2. The monoisotopic (exact) mass is 416 g/mol. The highest BCUT2D eigenvalue weighted by Gasteiger charge is 2.14. The van der Waals surface area contributed by atoms with Crippen molar-refractivity contribution in [3.63, 3.8) is 0 Å². The minimum atomic E-state index is -0.121. The van der Waals surface area contributed by atoms with Crippen LogP contribution in [-0.2, 0) is 11.3 Å². The van der Waals surface area contributed by atoms with Gasteiger partial charge in [-0.25, -0.2) is 4.98 Å². The van der Waals surface area contributed by atoms with Crippen LogP contribution in [0.4, 0.5) is 11.4 Å². The molecule has 3 rings (SSSR count). The normalized spacial score (nSPS) is 11.0. The van der Waals surface area contributed by atoms with Crippen molar-refractivity contribution < 1.29 is 4.79 Å². The number of nitrogens with zero attached hydrogens (tertiary/aromatic N) is 3. The van der Waals surface area contributed by atoms with E-state index in [4.69, 9.17) is 0 Å². The van der Waals surface area contributed by atoms with Crippen molar-refractivity contribution in [3.8, 4) is 0 Å². The van der Waals surface area contributed by atoms with Crippen molar-refractivity contribution in [1.82, 2.24) is 9.55 Å². The lowest BCUT2D eigenvalue weighted by molar-refractivity contribution is -0.113. The zero-order chi connectivity index (χ0) is 20.1. The molecule has 0 bridgehead atoms. The lowest BCUT2D eigenvalue weighted by Gasteiger charge is -2.13. The lowest BCUT2D eigenvalue weighted by Crippen LogP contribution is -2.23. The van der Waals surface area contributed by atoms with Crippen LogP contribution in [0.2, 0.25) is 0 Å². The van der Waals surface area contributed by atoms with E-state index in [2.05, 4.69) is 17.2 Å². The largest absolute Gasteiger partial charge is 0.378 e. The molecule has 0 aliphatic heterocycles. The summed E-state index contributed by atoms with van der Waals surface area (Å²) in [5, 5.41) is 5.37. The fraction of sp³-hybridized carbons (Fsp3) is 0.350. The summed E-state index contributed by atoms with van der Waals surface area (Å²) in [5.41, 5.74) is 2.50. The number of fused-ring (bicyclic) bond motifs is 1. The van der Waals surface area contributed by atoms with Gasteiger partial charge in [-0.1, -0.05) is 25.1 Å². The number of amides is 1. The minimum absolute atomic E-state index is 0.0179. The molecule has 0 saturated heterocycles. The Hall–Kier alpha value is -2.32. The van der Waals surface area contributed by atoms with E-state index >= 15 is 0 Å². The Balaban J connectivity index is 1.71. The third kappa shape index (κ3) is 4.74. The fourth-order valence-electron chi connectivity index (χ4n) is 2.72. The number of rotatable bonds is 8. The van der Waals surface area contributed by atoms with Gasteiger partial charge >= 0.3 is 0 Å². The van der Waals surface area contributed by atoms with Crippen LogP contribution in [0.25, 0.3) is 10.2 Å². The molecule has 2 aromatic heterocycles. The Morgan fingerprint density at radius 3 is 2.68 bits per heavy atom. The van der Waals surface area contributed by atoms with Gasteiger partial charge in [0.2, 0.25) is 5.91 Å². The number of carbonyl (C=O) groups excluding carboxylic acids is 1. The molecule has 1 aromatic carbocycles. The first kappa shape index (κ1) is 20.4. The average Bonchev–Trinajstić information content (AvgIpc) is 3.15. The Bertz CT molecular complexity index is 1010. The zero-order valence-corrected chi connectivity index (χ0v) is 17.9. The number of benzene rings is 1. The molecule has 0 fully saturated rings. The summed E-state index contributed by atoms with van der Waals surface area (Å²) >= 11 is 2.71. The first-order valence-electron chi connectivity index (χ1n) is 9.17. The number of nitrogens with one attached hydrogen (secondary N) is 1. The Morgan fingerprint density at radius 2 is 2.00 bits per heavy atom. The van der Waals surface area contributed by atoms with Crippen LogP contribution in [0.5, 0.6) is 0 Å². The SMILES string of the molecule is CCCCn1c(SCC(=O)Nc2ccc(N(C)C)cc2)nc2ccsc2c1=O. The van der Waals surface area contributed by atoms with E-state index < -0.39 is 0 Å². The van der Waals surface area contributed by atoms with E-state index in [1.807, 2.05) is 54.7 Å². The van der Waals surface area contributed by atoms with Gasteiger partial charge in [-0.15, -0.1) is 11.3 Å². The molecule has 1 amide bonds. The predicted molar refractivity (Wildman–Crippen MR) is 119 cm³/mol. The summed E-state index contributed by atoms with van der Waals surface area (Å²) in [5.74, 6) is 0.0770. The molecule has 3 aromatic rings. The Morgan fingerprint density at radius 1 is 1.25 bits per heavy atom. The molecule has 0 saturated carbocycles. The number of thioether (sulfide) groups is 1. The number of hydrogen-bond donors (Lipinski definition) is 1. The van der Waals surface area contributed by atoms with Crippen LogP contribution in [0.3, 0.4) is 0 Å². The van der Waals surface area contributed by atoms with Crippen LogP contribution in [0, 0.1) is 0 Å². The molecule has 0 spiro atoms. The zero-order valence-electron chi connectivity index (χ0n) is 16.3. The van der Waals surface area contributed by atoms with Crippen molar-refractivity contribution in [1.29, 1.82) is 0 Å². The summed E-state index contributed by atoms with van der Waals surface area (Å²) in [4.78, 5) is 31.7. The van der Waals surface area contributed by atoms with Gasteiger partial charge < -0.3 is 10.2 Å². The maximum Gasteiger partial charge on any atom is 0.272 e. The third-order valence-electron chi connectivity index (χ3n) is 4.27. The second-order valence-corrected chi connectivity index (χ2v) is 8.48. The molecule has 0 aliphatic rings. The van der Waals surface area contributed by atoms with E-state index in [0.717, 1.165) is 24.2 Å². The lowest BCUT2D eigenvalue weighted by atomic mass is 10.2. The third-order valence-corrected chi connectivity index (χ3v) is 6.13. The van der Waals surface area contributed by atoms with Crippen molar-refractivity contribution in [2.24, 2.45) is 0 Å². The molecule has 0 radical (unpaired) electrons. The summed E-state index contributed by atoms with van der Waals surface area (Å²) in [6, 6.07) is 9.52. The molecule has 1 N–H and O–H groups in total. The number of unbranched alkanes of at least 4 members (excludes halogenated alkanes) is 1. The van der Waals surface area contributed by atoms with Crippen LogP contribution < -0.4 is 15.8 Å². The van der Waals surface area contributed by atoms with Gasteiger partial charge in [0.05, 0.1) is 11.3 Å². The van der Waals surface area contributed by atoms with Gasteiger partial charge in [-0.3, -0.25) is 14.2 Å². The number of hydrogen-bond acceptors (Lipinski definition) is 6. The topological polar surface area (TPSA) is 67.2 Å². The number of aromatic nitrogens is 2. The molecule has 6 nitrogen and oxygen atoms in total. The van der Waals surface area contributed by atoms with E-state index in [9.17, 15) is 9.59 Å². The molecule has 8 heteroatoms. The van der Waals surface area contributed by atoms with Crippen LogP contribution in [0.15, 0.2) is 45.7 Å².